The quantitative estimate of drug-likeness (QED) is 0.824. The van der Waals surface area contributed by atoms with Crippen LogP contribution in [-0.4, -0.2) is 66.8 Å². The number of amides is 1. The molecule has 0 N–H and O–H groups in total. The van der Waals surface area contributed by atoms with E-state index in [0.717, 1.165) is 64.2 Å². The number of ether oxygens (including phenoxy) is 2. The monoisotopic (exact) mass is 361 g/mol. The normalized spacial score (nSPS) is 22.7. The number of carbonyl (C=O) groups excluding carboxylic acids is 1. The zero-order chi connectivity index (χ0) is 18.4. The maximum atomic E-state index is 12.0. The van der Waals surface area contributed by atoms with E-state index in [-0.39, 0.29) is 6.09 Å². The van der Waals surface area contributed by atoms with Crippen LogP contribution in [0.2, 0.25) is 0 Å². The fraction of sp³-hybridized carbons (Fsp3) is 0.700. The molecule has 0 aromatic carbocycles. The first kappa shape index (κ1) is 19.0. The van der Waals surface area contributed by atoms with Gasteiger partial charge in [-0.1, -0.05) is 6.07 Å². The molecule has 0 aliphatic carbocycles. The minimum absolute atomic E-state index is 0.157. The second-order valence-corrected chi connectivity index (χ2v) is 7.18. The molecular formula is C20H31N3O3. The number of likely N-dealkylation sites (tertiary alicyclic amines) is 2. The van der Waals surface area contributed by atoms with Gasteiger partial charge in [0.05, 0.1) is 13.7 Å². The number of nitrogens with zero attached hydrogens (tertiary/aromatic N) is 3. The van der Waals surface area contributed by atoms with E-state index in [1.807, 2.05) is 17.9 Å². The van der Waals surface area contributed by atoms with Crippen LogP contribution < -0.4 is 4.74 Å². The maximum Gasteiger partial charge on any atom is 0.409 e. The molecule has 2 aliphatic rings. The van der Waals surface area contributed by atoms with E-state index >= 15 is 0 Å². The van der Waals surface area contributed by atoms with E-state index in [0.29, 0.717) is 18.6 Å². The molecule has 1 amide bonds. The van der Waals surface area contributed by atoms with Crippen molar-refractivity contribution in [3.8, 4) is 5.88 Å². The van der Waals surface area contributed by atoms with Crippen molar-refractivity contribution < 1.29 is 14.3 Å². The van der Waals surface area contributed by atoms with E-state index in [9.17, 15) is 4.79 Å². The van der Waals surface area contributed by atoms with E-state index in [1.165, 1.54) is 5.56 Å². The molecule has 6 heteroatoms. The van der Waals surface area contributed by atoms with Gasteiger partial charge in [0.1, 0.15) is 0 Å². The van der Waals surface area contributed by atoms with Crippen LogP contribution in [0.5, 0.6) is 5.88 Å². The van der Waals surface area contributed by atoms with E-state index < -0.39 is 0 Å². The van der Waals surface area contributed by atoms with Gasteiger partial charge in [-0.2, -0.15) is 0 Å². The summed E-state index contributed by atoms with van der Waals surface area (Å²) in [5, 5.41) is 0. The van der Waals surface area contributed by atoms with Gasteiger partial charge in [-0.3, -0.25) is 0 Å². The zero-order valence-electron chi connectivity index (χ0n) is 16.0. The molecule has 1 atom stereocenters. The average Bonchev–Trinajstić information content (AvgIpc) is 2.94. The minimum Gasteiger partial charge on any atom is -0.481 e. The van der Waals surface area contributed by atoms with Gasteiger partial charge in [0.25, 0.3) is 0 Å². The second kappa shape index (κ2) is 9.21. The third-order valence-corrected chi connectivity index (χ3v) is 5.70. The van der Waals surface area contributed by atoms with Crippen molar-refractivity contribution in [3.63, 3.8) is 0 Å². The van der Waals surface area contributed by atoms with Crippen molar-refractivity contribution >= 4 is 6.09 Å². The number of carbonyl (C=O) groups is 1. The molecule has 2 aliphatic heterocycles. The van der Waals surface area contributed by atoms with E-state index in [2.05, 4.69) is 16.0 Å². The fourth-order valence-electron chi connectivity index (χ4n) is 4.30. The molecule has 1 unspecified atom stereocenters. The number of hydrogen-bond donors (Lipinski definition) is 0. The molecule has 3 rings (SSSR count). The Hall–Kier alpha value is -1.82. The highest BCUT2D eigenvalue weighted by Gasteiger charge is 2.29. The number of hydrogen-bond acceptors (Lipinski definition) is 5. The lowest BCUT2D eigenvalue weighted by molar-refractivity contribution is 0.105. The van der Waals surface area contributed by atoms with Crippen LogP contribution in [0.1, 0.15) is 50.5 Å². The summed E-state index contributed by atoms with van der Waals surface area (Å²) in [5.74, 6) is 1.29. The van der Waals surface area contributed by atoms with Crippen LogP contribution >= 0.6 is 0 Å². The van der Waals surface area contributed by atoms with Gasteiger partial charge >= 0.3 is 6.09 Å². The van der Waals surface area contributed by atoms with Crippen molar-refractivity contribution in [1.29, 1.82) is 0 Å². The lowest BCUT2D eigenvalue weighted by atomic mass is 9.89. The van der Waals surface area contributed by atoms with Gasteiger partial charge < -0.3 is 19.3 Å². The van der Waals surface area contributed by atoms with Crippen LogP contribution in [0.25, 0.3) is 0 Å². The Bertz CT molecular complexity index is 587. The van der Waals surface area contributed by atoms with Crippen molar-refractivity contribution in [3.05, 3.63) is 23.9 Å². The standard InChI is InChI=1S/C20H31N3O3/c1-3-26-20(24)23-12-5-6-17(10-15-23)22-13-8-16(9-14-22)18-7-4-11-21-19(18)25-2/h4,7,11,16-17H,3,5-6,8-10,12-15H2,1-2H3. The van der Waals surface area contributed by atoms with Gasteiger partial charge in [0, 0.05) is 30.9 Å². The van der Waals surface area contributed by atoms with Crippen LogP contribution in [0, 0.1) is 0 Å². The first-order valence-corrected chi connectivity index (χ1v) is 9.87. The summed E-state index contributed by atoms with van der Waals surface area (Å²) in [6, 6.07) is 4.72. The summed E-state index contributed by atoms with van der Waals surface area (Å²) in [6.45, 7) is 6.14. The average molecular weight is 361 g/mol. The predicted molar refractivity (Wildman–Crippen MR) is 101 cm³/mol. The number of methoxy groups -OCH3 is 1. The molecule has 0 spiro atoms. The summed E-state index contributed by atoms with van der Waals surface area (Å²) in [7, 11) is 1.70. The summed E-state index contributed by atoms with van der Waals surface area (Å²) >= 11 is 0. The topological polar surface area (TPSA) is 54.9 Å². The van der Waals surface area contributed by atoms with E-state index in [4.69, 9.17) is 9.47 Å². The first-order valence-electron chi connectivity index (χ1n) is 9.87. The highest BCUT2D eigenvalue weighted by Crippen LogP contribution is 2.34. The molecule has 2 saturated heterocycles. The summed E-state index contributed by atoms with van der Waals surface area (Å²) in [5.41, 5.74) is 1.24. The molecular weight excluding hydrogens is 330 g/mol. The summed E-state index contributed by atoms with van der Waals surface area (Å²) < 4.78 is 10.6. The van der Waals surface area contributed by atoms with Gasteiger partial charge in [-0.25, -0.2) is 9.78 Å². The van der Waals surface area contributed by atoms with Crippen molar-refractivity contribution in [2.75, 3.05) is 39.9 Å². The molecule has 0 radical (unpaired) electrons. The maximum absolute atomic E-state index is 12.0. The van der Waals surface area contributed by atoms with Crippen LogP contribution in [0.3, 0.4) is 0 Å². The van der Waals surface area contributed by atoms with Gasteiger partial charge in [-0.05, 0) is 64.1 Å². The number of aromatic nitrogens is 1. The van der Waals surface area contributed by atoms with Crippen LogP contribution in [-0.2, 0) is 4.74 Å². The Labute approximate surface area is 156 Å². The Morgan fingerprint density at radius 2 is 2.00 bits per heavy atom. The summed E-state index contributed by atoms with van der Waals surface area (Å²) in [4.78, 5) is 20.8. The predicted octanol–water partition coefficient (Wildman–Crippen LogP) is 3.28. The third-order valence-electron chi connectivity index (χ3n) is 5.70. The minimum atomic E-state index is -0.157. The molecule has 1 aromatic heterocycles. The van der Waals surface area contributed by atoms with Crippen LogP contribution in [0.4, 0.5) is 4.79 Å². The molecule has 26 heavy (non-hydrogen) atoms. The Morgan fingerprint density at radius 1 is 1.19 bits per heavy atom. The molecule has 2 fully saturated rings. The number of rotatable bonds is 4. The molecule has 3 heterocycles. The molecule has 1 aromatic rings. The largest absolute Gasteiger partial charge is 0.481 e. The van der Waals surface area contributed by atoms with Crippen molar-refractivity contribution in [2.24, 2.45) is 0 Å². The summed E-state index contributed by atoms with van der Waals surface area (Å²) in [6.07, 6.45) is 7.17. The Kier molecular flexibility index (Phi) is 6.72. The number of pyridine rings is 1. The highest BCUT2D eigenvalue weighted by atomic mass is 16.6. The zero-order valence-corrected chi connectivity index (χ0v) is 16.0. The fourth-order valence-corrected chi connectivity index (χ4v) is 4.30. The van der Waals surface area contributed by atoms with Crippen molar-refractivity contribution in [1.82, 2.24) is 14.8 Å². The Morgan fingerprint density at radius 3 is 2.73 bits per heavy atom. The lowest BCUT2D eigenvalue weighted by Gasteiger charge is -2.37. The molecule has 0 saturated carbocycles. The van der Waals surface area contributed by atoms with E-state index in [1.54, 1.807) is 13.3 Å². The second-order valence-electron chi connectivity index (χ2n) is 7.18. The van der Waals surface area contributed by atoms with Crippen LogP contribution in [0.15, 0.2) is 18.3 Å². The molecule has 144 valence electrons. The highest BCUT2D eigenvalue weighted by molar-refractivity contribution is 5.67. The molecule has 6 nitrogen and oxygen atoms in total. The van der Waals surface area contributed by atoms with Crippen molar-refractivity contribution in [2.45, 2.75) is 51.0 Å². The van der Waals surface area contributed by atoms with Gasteiger partial charge in [-0.15, -0.1) is 0 Å². The number of piperidine rings is 1. The first-order chi connectivity index (χ1) is 12.7. The molecule has 0 bridgehead atoms. The smallest absolute Gasteiger partial charge is 0.409 e. The van der Waals surface area contributed by atoms with Gasteiger partial charge in [0.15, 0.2) is 0 Å². The Balaban J connectivity index is 1.53. The third kappa shape index (κ3) is 4.47. The SMILES string of the molecule is CCOC(=O)N1CCCC(N2CCC(c3cccnc3OC)CC2)CC1. The van der Waals surface area contributed by atoms with Gasteiger partial charge in [0.2, 0.25) is 5.88 Å². The lowest BCUT2D eigenvalue weighted by Crippen LogP contribution is -2.41.